The fourth-order valence-corrected chi connectivity index (χ4v) is 1.81. The molecule has 2 rings (SSSR count). The summed E-state index contributed by atoms with van der Waals surface area (Å²) in [6.07, 6.45) is 0. The number of rotatable bonds is 4. The maximum Gasteiger partial charge on any atom is 0.338 e. The summed E-state index contributed by atoms with van der Waals surface area (Å²) in [6.45, 7) is 2.81. The number of aliphatic hydroxyl groups is 1. The minimum Gasteiger partial charge on any atom is -0.460 e. The summed E-state index contributed by atoms with van der Waals surface area (Å²) in [4.78, 5) is 11.5. The lowest BCUT2D eigenvalue weighted by atomic mass is 10.1. The molecule has 1 N–H and O–H groups in total. The third-order valence-electron chi connectivity index (χ3n) is 2.81. The van der Waals surface area contributed by atoms with Crippen molar-refractivity contribution in [3.63, 3.8) is 0 Å². The molecule has 1 aliphatic rings. The Hall–Kier alpha value is -1.43. The molecule has 0 atom stereocenters. The molecular formula is C13H16O5. The Morgan fingerprint density at radius 1 is 1.33 bits per heavy atom. The van der Waals surface area contributed by atoms with Crippen LogP contribution in [0.3, 0.4) is 0 Å². The van der Waals surface area contributed by atoms with E-state index in [1.807, 2.05) is 6.92 Å². The van der Waals surface area contributed by atoms with Gasteiger partial charge in [-0.05, 0) is 19.1 Å². The molecule has 0 radical (unpaired) electrons. The smallest absolute Gasteiger partial charge is 0.338 e. The van der Waals surface area contributed by atoms with Crippen LogP contribution in [-0.4, -0.2) is 37.5 Å². The van der Waals surface area contributed by atoms with Crippen LogP contribution in [0.15, 0.2) is 24.3 Å². The lowest BCUT2D eigenvalue weighted by molar-refractivity contribution is -0.149. The number of aliphatic hydroxyl groups excluding tert-OH is 1. The van der Waals surface area contributed by atoms with E-state index < -0.39 is 11.8 Å². The molecule has 98 valence electrons. The van der Waals surface area contributed by atoms with E-state index in [2.05, 4.69) is 0 Å². The van der Waals surface area contributed by atoms with E-state index in [1.54, 1.807) is 24.3 Å². The maximum absolute atomic E-state index is 11.5. The lowest BCUT2D eigenvalue weighted by Gasteiger charge is -2.22. The Balaban J connectivity index is 2.07. The summed E-state index contributed by atoms with van der Waals surface area (Å²) in [5, 5.41) is 8.57. The summed E-state index contributed by atoms with van der Waals surface area (Å²) in [5.74, 6) is -1.18. The molecule has 0 unspecified atom stereocenters. The molecule has 1 aromatic rings. The van der Waals surface area contributed by atoms with E-state index >= 15 is 0 Å². The molecule has 0 aromatic heterocycles. The normalized spacial score (nSPS) is 17.7. The van der Waals surface area contributed by atoms with Gasteiger partial charge in [-0.15, -0.1) is 0 Å². The highest BCUT2D eigenvalue weighted by Crippen LogP contribution is 2.30. The number of carbonyl (C=O) groups is 1. The van der Waals surface area contributed by atoms with Gasteiger partial charge in [-0.2, -0.15) is 0 Å². The van der Waals surface area contributed by atoms with E-state index in [0.29, 0.717) is 18.8 Å². The summed E-state index contributed by atoms with van der Waals surface area (Å²) in [5.41, 5.74) is 1.30. The molecule has 5 heteroatoms. The van der Waals surface area contributed by atoms with Crippen LogP contribution in [0.25, 0.3) is 0 Å². The van der Waals surface area contributed by atoms with Gasteiger partial charge in [0.25, 0.3) is 0 Å². The third kappa shape index (κ3) is 2.69. The highest BCUT2D eigenvalue weighted by molar-refractivity contribution is 5.89. The minimum atomic E-state index is -0.729. The van der Waals surface area contributed by atoms with Crippen molar-refractivity contribution in [2.45, 2.75) is 12.7 Å². The molecular weight excluding hydrogens is 236 g/mol. The van der Waals surface area contributed by atoms with Gasteiger partial charge in [-0.25, -0.2) is 4.79 Å². The Morgan fingerprint density at radius 2 is 1.94 bits per heavy atom. The first-order chi connectivity index (χ1) is 8.65. The first kappa shape index (κ1) is 13.0. The van der Waals surface area contributed by atoms with E-state index in [-0.39, 0.29) is 13.2 Å². The lowest BCUT2D eigenvalue weighted by Crippen LogP contribution is -2.22. The van der Waals surface area contributed by atoms with Gasteiger partial charge in [0.15, 0.2) is 5.79 Å². The summed E-state index contributed by atoms with van der Waals surface area (Å²) >= 11 is 0. The van der Waals surface area contributed by atoms with Gasteiger partial charge in [-0.3, -0.25) is 0 Å². The standard InChI is InChI=1S/C13H16O5/c1-13(17-8-9-18-13)11-4-2-10(3-5-11)12(15)16-7-6-14/h2-5,14H,6-9H2,1H3. The largest absolute Gasteiger partial charge is 0.460 e. The second-order valence-corrected chi connectivity index (χ2v) is 4.08. The minimum absolute atomic E-state index is 0.00449. The number of hydrogen-bond acceptors (Lipinski definition) is 5. The van der Waals surface area contributed by atoms with Crippen LogP contribution in [0.4, 0.5) is 0 Å². The molecule has 1 saturated heterocycles. The van der Waals surface area contributed by atoms with Crippen molar-refractivity contribution >= 4 is 5.97 Å². The highest BCUT2D eigenvalue weighted by atomic mass is 16.7. The summed E-state index contributed by atoms with van der Waals surface area (Å²) in [6, 6.07) is 6.87. The van der Waals surface area contributed by atoms with E-state index in [4.69, 9.17) is 19.3 Å². The highest BCUT2D eigenvalue weighted by Gasteiger charge is 2.32. The van der Waals surface area contributed by atoms with Crippen LogP contribution in [0, 0.1) is 0 Å². The Labute approximate surface area is 105 Å². The second-order valence-electron chi connectivity index (χ2n) is 4.08. The summed E-state index contributed by atoms with van der Waals surface area (Å²) in [7, 11) is 0. The zero-order chi connectivity index (χ0) is 13.0. The molecule has 0 spiro atoms. The predicted octanol–water partition coefficient (Wildman–Crippen LogP) is 1.06. The van der Waals surface area contributed by atoms with Crippen molar-refractivity contribution in [3.8, 4) is 0 Å². The monoisotopic (exact) mass is 252 g/mol. The first-order valence-corrected chi connectivity index (χ1v) is 5.82. The van der Waals surface area contributed by atoms with Crippen LogP contribution in [0.1, 0.15) is 22.8 Å². The van der Waals surface area contributed by atoms with Crippen molar-refractivity contribution in [1.29, 1.82) is 0 Å². The zero-order valence-corrected chi connectivity index (χ0v) is 10.2. The van der Waals surface area contributed by atoms with Crippen LogP contribution in [-0.2, 0) is 20.0 Å². The molecule has 0 amide bonds. The summed E-state index contributed by atoms with van der Waals surface area (Å²) < 4.78 is 15.9. The number of benzene rings is 1. The topological polar surface area (TPSA) is 65.0 Å². The SMILES string of the molecule is CC1(c2ccc(C(=O)OCCO)cc2)OCCO1. The van der Waals surface area contributed by atoms with E-state index in [0.717, 1.165) is 5.56 Å². The molecule has 18 heavy (non-hydrogen) atoms. The molecule has 0 bridgehead atoms. The average Bonchev–Trinajstić information content (AvgIpc) is 2.84. The molecule has 1 heterocycles. The number of hydrogen-bond donors (Lipinski definition) is 1. The Kier molecular flexibility index (Phi) is 3.96. The van der Waals surface area contributed by atoms with E-state index in [9.17, 15) is 4.79 Å². The van der Waals surface area contributed by atoms with Crippen LogP contribution >= 0.6 is 0 Å². The zero-order valence-electron chi connectivity index (χ0n) is 10.2. The van der Waals surface area contributed by atoms with Crippen molar-refractivity contribution in [1.82, 2.24) is 0 Å². The fourth-order valence-electron chi connectivity index (χ4n) is 1.81. The van der Waals surface area contributed by atoms with Crippen LogP contribution in [0.5, 0.6) is 0 Å². The molecule has 1 fully saturated rings. The van der Waals surface area contributed by atoms with Gasteiger partial charge in [-0.1, -0.05) is 12.1 Å². The Morgan fingerprint density at radius 3 is 2.50 bits per heavy atom. The number of ether oxygens (including phenoxy) is 3. The van der Waals surface area contributed by atoms with E-state index in [1.165, 1.54) is 0 Å². The molecule has 1 aliphatic heterocycles. The quantitative estimate of drug-likeness (QED) is 0.811. The van der Waals surface area contributed by atoms with Crippen molar-refractivity contribution in [3.05, 3.63) is 35.4 Å². The molecule has 1 aromatic carbocycles. The van der Waals surface area contributed by atoms with Crippen LogP contribution < -0.4 is 0 Å². The van der Waals surface area contributed by atoms with Gasteiger partial charge in [0.05, 0.1) is 25.4 Å². The first-order valence-electron chi connectivity index (χ1n) is 5.82. The van der Waals surface area contributed by atoms with Crippen molar-refractivity contribution in [2.75, 3.05) is 26.4 Å². The average molecular weight is 252 g/mol. The van der Waals surface area contributed by atoms with Gasteiger partial charge in [0.1, 0.15) is 6.61 Å². The molecule has 0 aliphatic carbocycles. The predicted molar refractivity (Wildman–Crippen MR) is 63.1 cm³/mol. The second kappa shape index (κ2) is 5.48. The maximum atomic E-state index is 11.5. The van der Waals surface area contributed by atoms with Gasteiger partial charge < -0.3 is 19.3 Å². The van der Waals surface area contributed by atoms with Crippen LogP contribution in [0.2, 0.25) is 0 Å². The third-order valence-corrected chi connectivity index (χ3v) is 2.81. The van der Waals surface area contributed by atoms with Gasteiger partial charge in [0.2, 0.25) is 0 Å². The molecule has 5 nitrogen and oxygen atoms in total. The van der Waals surface area contributed by atoms with Crippen molar-refractivity contribution < 1.29 is 24.1 Å². The Bertz CT molecular complexity index is 406. The fraction of sp³-hybridized carbons (Fsp3) is 0.462. The number of esters is 1. The number of carbonyl (C=O) groups excluding carboxylic acids is 1. The van der Waals surface area contributed by atoms with Crippen molar-refractivity contribution in [2.24, 2.45) is 0 Å². The molecule has 0 saturated carbocycles. The van der Waals surface area contributed by atoms with Gasteiger partial charge >= 0.3 is 5.97 Å². The van der Waals surface area contributed by atoms with Gasteiger partial charge in [0, 0.05) is 5.56 Å².